The number of benzene rings is 2. The lowest BCUT2D eigenvalue weighted by molar-refractivity contribution is -0.274. The second kappa shape index (κ2) is 8.29. The van der Waals surface area contributed by atoms with Crippen LogP contribution < -0.4 is 4.74 Å². The minimum Gasteiger partial charge on any atom is -0.406 e. The van der Waals surface area contributed by atoms with Crippen molar-refractivity contribution in [2.45, 2.75) is 17.3 Å². The molecule has 6 nitrogen and oxygen atoms in total. The summed E-state index contributed by atoms with van der Waals surface area (Å²) in [6.07, 6.45) is -1.64. The van der Waals surface area contributed by atoms with E-state index in [-0.39, 0.29) is 4.90 Å². The van der Waals surface area contributed by atoms with Gasteiger partial charge in [0.05, 0.1) is 4.90 Å². The van der Waals surface area contributed by atoms with E-state index in [4.69, 9.17) is 11.6 Å². The monoisotopic (exact) mass is 459 g/mol. The summed E-state index contributed by atoms with van der Waals surface area (Å²) in [5.41, 5.74) is 0.622. The van der Waals surface area contributed by atoms with Crippen molar-refractivity contribution >= 4 is 21.6 Å². The van der Waals surface area contributed by atoms with Crippen molar-refractivity contribution in [3.8, 4) is 5.75 Å². The first-order chi connectivity index (χ1) is 14.0. The highest BCUT2D eigenvalue weighted by atomic mass is 35.5. The van der Waals surface area contributed by atoms with E-state index in [1.807, 2.05) is 0 Å². The van der Waals surface area contributed by atoms with Gasteiger partial charge in [0.25, 0.3) is 0 Å². The topological polar surface area (TPSA) is 64.4 Å². The Hall–Kier alpha value is -2.56. The third-order valence-corrected chi connectivity index (χ3v) is 6.48. The van der Waals surface area contributed by atoms with Gasteiger partial charge in [-0.1, -0.05) is 23.7 Å². The summed E-state index contributed by atoms with van der Waals surface area (Å²) in [5.74, 6) is -0.0529. The summed E-state index contributed by atoms with van der Waals surface area (Å²) in [6.45, 7) is 0. The lowest BCUT2D eigenvalue weighted by Gasteiger charge is -2.27. The molecule has 0 bridgehead atoms. The molecule has 11 heteroatoms. The molecule has 1 atom stereocenters. The van der Waals surface area contributed by atoms with Crippen molar-refractivity contribution in [3.05, 3.63) is 77.3 Å². The number of imidazole rings is 1. The Morgan fingerprint density at radius 1 is 1.10 bits per heavy atom. The Labute approximate surface area is 176 Å². The van der Waals surface area contributed by atoms with Crippen LogP contribution in [0.5, 0.6) is 5.75 Å². The molecule has 0 N–H and O–H groups in total. The molecule has 0 aliphatic carbocycles. The number of sulfonamides is 1. The number of aromatic nitrogens is 2. The lowest BCUT2D eigenvalue weighted by atomic mass is 10.1. The van der Waals surface area contributed by atoms with Crippen molar-refractivity contribution in [3.63, 3.8) is 0 Å². The molecule has 0 amide bonds. The van der Waals surface area contributed by atoms with Gasteiger partial charge in [0, 0.05) is 31.5 Å². The summed E-state index contributed by atoms with van der Waals surface area (Å²) in [6, 6.07) is 9.88. The number of rotatable bonds is 6. The molecule has 0 aliphatic rings. The highest BCUT2D eigenvalue weighted by Crippen LogP contribution is 2.32. The van der Waals surface area contributed by atoms with E-state index in [0.717, 1.165) is 28.6 Å². The molecule has 0 saturated heterocycles. The van der Waals surface area contributed by atoms with Crippen molar-refractivity contribution in [1.29, 1.82) is 0 Å². The number of alkyl halides is 3. The molecule has 3 aromatic rings. The standard InChI is InChI=1S/C19H17ClF3N3O3S/c1-25-12-11-24-18(25)17(13-3-5-14(20)6-4-13)26(2)30(27,28)16-9-7-15(8-10-16)29-19(21,22)23/h3-12,17H,1-2H3/t17-/m1/s1. The van der Waals surface area contributed by atoms with Crippen LogP contribution in [0.15, 0.2) is 65.8 Å². The smallest absolute Gasteiger partial charge is 0.406 e. The number of ether oxygens (including phenoxy) is 1. The first-order valence-electron chi connectivity index (χ1n) is 8.55. The van der Waals surface area contributed by atoms with E-state index in [1.54, 1.807) is 48.3 Å². The zero-order chi connectivity index (χ0) is 22.1. The molecule has 2 aromatic carbocycles. The minimum atomic E-state index is -4.87. The molecule has 30 heavy (non-hydrogen) atoms. The van der Waals surface area contributed by atoms with E-state index >= 15 is 0 Å². The van der Waals surface area contributed by atoms with Gasteiger partial charge in [0.1, 0.15) is 17.6 Å². The van der Waals surface area contributed by atoms with Crippen LogP contribution in [0, 0.1) is 0 Å². The second-order valence-electron chi connectivity index (χ2n) is 6.39. The number of aryl methyl sites for hydroxylation is 1. The normalized spacial score (nSPS) is 13.4. The maximum atomic E-state index is 13.2. The maximum absolute atomic E-state index is 13.2. The average Bonchev–Trinajstić information content (AvgIpc) is 3.08. The zero-order valence-corrected chi connectivity index (χ0v) is 17.4. The van der Waals surface area contributed by atoms with Gasteiger partial charge in [-0.3, -0.25) is 0 Å². The lowest BCUT2D eigenvalue weighted by Crippen LogP contribution is -2.33. The molecule has 0 spiro atoms. The van der Waals surface area contributed by atoms with Crippen LogP contribution in [-0.2, 0) is 17.1 Å². The number of hydrogen-bond acceptors (Lipinski definition) is 4. The molecule has 0 saturated carbocycles. The molecule has 0 radical (unpaired) electrons. The summed E-state index contributed by atoms with van der Waals surface area (Å²) in [5, 5.41) is 0.489. The first kappa shape index (κ1) is 22.1. The van der Waals surface area contributed by atoms with Crippen LogP contribution in [0.1, 0.15) is 17.4 Å². The number of hydrogen-bond donors (Lipinski definition) is 0. The fourth-order valence-corrected chi connectivity index (χ4v) is 4.36. The molecular formula is C19H17ClF3N3O3S. The molecule has 1 heterocycles. The van der Waals surface area contributed by atoms with Crippen molar-refractivity contribution in [2.75, 3.05) is 7.05 Å². The summed E-state index contributed by atoms with van der Waals surface area (Å²) >= 11 is 5.95. The Balaban J connectivity index is 2.00. The van der Waals surface area contributed by atoms with Crippen molar-refractivity contribution in [1.82, 2.24) is 13.9 Å². The van der Waals surface area contributed by atoms with Gasteiger partial charge in [0.2, 0.25) is 10.0 Å². The Bertz CT molecular complexity index is 1110. The third kappa shape index (κ3) is 4.77. The maximum Gasteiger partial charge on any atom is 0.573 e. The van der Waals surface area contributed by atoms with Gasteiger partial charge in [-0.2, -0.15) is 4.31 Å². The van der Waals surface area contributed by atoms with E-state index in [0.29, 0.717) is 16.4 Å². The van der Waals surface area contributed by atoms with Gasteiger partial charge >= 0.3 is 6.36 Å². The molecule has 1 aromatic heterocycles. The number of nitrogens with zero attached hydrogens (tertiary/aromatic N) is 3. The van der Waals surface area contributed by atoms with Crippen LogP contribution in [0.25, 0.3) is 0 Å². The highest BCUT2D eigenvalue weighted by molar-refractivity contribution is 7.89. The van der Waals surface area contributed by atoms with Crippen LogP contribution >= 0.6 is 11.6 Å². The van der Waals surface area contributed by atoms with E-state index < -0.39 is 28.2 Å². The molecule has 0 aliphatic heterocycles. The van der Waals surface area contributed by atoms with Gasteiger partial charge in [0.15, 0.2) is 0 Å². The quantitative estimate of drug-likeness (QED) is 0.548. The summed E-state index contributed by atoms with van der Waals surface area (Å²) < 4.78 is 70.1. The zero-order valence-electron chi connectivity index (χ0n) is 15.8. The van der Waals surface area contributed by atoms with E-state index in [9.17, 15) is 21.6 Å². The summed E-state index contributed by atoms with van der Waals surface area (Å²) in [4.78, 5) is 4.09. The molecular weight excluding hydrogens is 443 g/mol. The fourth-order valence-electron chi connectivity index (χ4n) is 2.93. The van der Waals surface area contributed by atoms with Crippen LogP contribution in [0.4, 0.5) is 13.2 Å². The van der Waals surface area contributed by atoms with Crippen molar-refractivity contribution < 1.29 is 26.3 Å². The predicted molar refractivity (Wildman–Crippen MR) is 105 cm³/mol. The SMILES string of the molecule is CN([C@H](c1ccc(Cl)cc1)c1nccn1C)S(=O)(=O)c1ccc(OC(F)(F)F)cc1. The molecule has 160 valence electrons. The van der Waals surface area contributed by atoms with E-state index in [1.165, 1.54) is 7.05 Å². The molecule has 0 fully saturated rings. The molecule has 0 unspecified atom stereocenters. The fraction of sp³-hybridized carbons (Fsp3) is 0.211. The highest BCUT2D eigenvalue weighted by Gasteiger charge is 2.34. The van der Waals surface area contributed by atoms with Gasteiger partial charge in [-0.25, -0.2) is 13.4 Å². The van der Waals surface area contributed by atoms with Gasteiger partial charge in [-0.15, -0.1) is 13.2 Å². The van der Waals surface area contributed by atoms with Crippen LogP contribution in [0.3, 0.4) is 0 Å². The second-order valence-corrected chi connectivity index (χ2v) is 8.82. The van der Waals surface area contributed by atoms with E-state index in [2.05, 4.69) is 9.72 Å². The minimum absolute atomic E-state index is 0.187. The predicted octanol–water partition coefficient (Wildman–Crippen LogP) is 4.38. The first-order valence-corrected chi connectivity index (χ1v) is 10.4. The van der Waals surface area contributed by atoms with Crippen LogP contribution in [-0.4, -0.2) is 35.7 Å². The Morgan fingerprint density at radius 3 is 2.20 bits per heavy atom. The largest absolute Gasteiger partial charge is 0.573 e. The van der Waals surface area contributed by atoms with Gasteiger partial charge < -0.3 is 9.30 Å². The Kier molecular flexibility index (Phi) is 6.11. The van der Waals surface area contributed by atoms with Gasteiger partial charge in [-0.05, 0) is 42.0 Å². The summed E-state index contributed by atoms with van der Waals surface area (Å²) in [7, 11) is -0.980. The number of halogens is 4. The average molecular weight is 460 g/mol. The Morgan fingerprint density at radius 2 is 1.70 bits per heavy atom. The van der Waals surface area contributed by atoms with Crippen molar-refractivity contribution in [2.24, 2.45) is 7.05 Å². The third-order valence-electron chi connectivity index (χ3n) is 4.39. The molecule has 3 rings (SSSR count). The van der Waals surface area contributed by atoms with Crippen LogP contribution in [0.2, 0.25) is 5.02 Å².